The molecular formula is C26H28N6OS. The van der Waals surface area contributed by atoms with E-state index in [2.05, 4.69) is 67.2 Å². The number of aromatic nitrogens is 5. The molecule has 1 aliphatic rings. The molecule has 0 aliphatic carbocycles. The first-order chi connectivity index (χ1) is 16.4. The van der Waals surface area contributed by atoms with Crippen LogP contribution in [0.4, 0.5) is 5.82 Å². The molecule has 0 unspecified atom stereocenters. The van der Waals surface area contributed by atoms with Gasteiger partial charge in [-0.25, -0.2) is 19.9 Å². The fourth-order valence-electron chi connectivity index (χ4n) is 4.51. The average molecular weight is 473 g/mol. The van der Waals surface area contributed by atoms with Crippen LogP contribution in [0, 0.1) is 0 Å². The second-order valence-electron chi connectivity index (χ2n) is 9.97. The van der Waals surface area contributed by atoms with Crippen LogP contribution in [0.1, 0.15) is 56.3 Å². The van der Waals surface area contributed by atoms with Gasteiger partial charge in [-0.05, 0) is 44.0 Å². The van der Waals surface area contributed by atoms with E-state index in [9.17, 15) is 0 Å². The van der Waals surface area contributed by atoms with E-state index in [-0.39, 0.29) is 11.5 Å². The molecule has 174 valence electrons. The highest BCUT2D eigenvalue weighted by atomic mass is 32.1. The molecule has 0 saturated carbocycles. The Hall–Kier alpha value is -3.10. The first kappa shape index (κ1) is 21.4. The van der Waals surface area contributed by atoms with Crippen LogP contribution < -0.4 is 5.32 Å². The molecule has 7 nitrogen and oxygen atoms in total. The minimum Gasteiger partial charge on any atom is -0.370 e. The number of hydrogen-bond donors (Lipinski definition) is 2. The minimum absolute atomic E-state index is 0.180. The summed E-state index contributed by atoms with van der Waals surface area (Å²) in [6, 6.07) is 8.59. The van der Waals surface area contributed by atoms with E-state index in [4.69, 9.17) is 19.7 Å². The number of anilines is 1. The van der Waals surface area contributed by atoms with Crippen LogP contribution in [0.3, 0.4) is 0 Å². The van der Waals surface area contributed by atoms with E-state index in [0.29, 0.717) is 6.61 Å². The maximum Gasteiger partial charge on any atom is 0.147 e. The van der Waals surface area contributed by atoms with Crippen molar-refractivity contribution < 1.29 is 4.74 Å². The molecule has 0 amide bonds. The number of pyridine rings is 1. The zero-order chi connectivity index (χ0) is 23.4. The number of hydrogen-bond acceptors (Lipinski definition) is 7. The van der Waals surface area contributed by atoms with Crippen LogP contribution in [0.25, 0.3) is 31.5 Å². The fraction of sp³-hybridized carbons (Fsp3) is 0.385. The van der Waals surface area contributed by atoms with Gasteiger partial charge in [0.2, 0.25) is 0 Å². The van der Waals surface area contributed by atoms with Crippen LogP contribution in [-0.2, 0) is 24.2 Å². The van der Waals surface area contributed by atoms with Gasteiger partial charge >= 0.3 is 0 Å². The highest BCUT2D eigenvalue weighted by Gasteiger charge is 2.28. The van der Waals surface area contributed by atoms with Gasteiger partial charge in [0.25, 0.3) is 0 Å². The third kappa shape index (κ3) is 3.80. The first-order valence-corrected chi connectivity index (χ1v) is 12.6. The van der Waals surface area contributed by atoms with Gasteiger partial charge in [0.1, 0.15) is 16.5 Å². The topological polar surface area (TPSA) is 88.6 Å². The lowest BCUT2D eigenvalue weighted by Crippen LogP contribution is -2.32. The van der Waals surface area contributed by atoms with E-state index in [1.807, 2.05) is 0 Å². The number of aromatic amines is 1. The van der Waals surface area contributed by atoms with Crippen LogP contribution in [-0.4, -0.2) is 37.1 Å². The van der Waals surface area contributed by atoms with Crippen LogP contribution in [0.2, 0.25) is 0 Å². The molecule has 0 fully saturated rings. The number of thiophene rings is 1. The second-order valence-corrected chi connectivity index (χ2v) is 11.0. The summed E-state index contributed by atoms with van der Waals surface area (Å²) in [5, 5.41) is 4.69. The van der Waals surface area contributed by atoms with Crippen molar-refractivity contribution >= 4 is 48.6 Å². The zero-order valence-corrected chi connectivity index (χ0v) is 20.7. The zero-order valence-electron chi connectivity index (χ0n) is 19.9. The lowest BCUT2D eigenvalue weighted by atomic mass is 9.95. The van der Waals surface area contributed by atoms with Crippen LogP contribution in [0.5, 0.6) is 0 Å². The number of rotatable bonds is 5. The molecular weight excluding hydrogens is 444 g/mol. The Labute approximate surface area is 202 Å². The van der Waals surface area contributed by atoms with Crippen LogP contribution >= 0.6 is 11.3 Å². The maximum absolute atomic E-state index is 6.04. The summed E-state index contributed by atoms with van der Waals surface area (Å²) in [5.74, 6) is 1.98. The molecule has 0 bridgehead atoms. The molecule has 0 atom stereocenters. The Morgan fingerprint density at radius 3 is 2.91 bits per heavy atom. The molecule has 5 heterocycles. The molecule has 1 aliphatic heterocycles. The molecule has 1 aromatic carbocycles. The van der Waals surface area contributed by atoms with Gasteiger partial charge in [-0.1, -0.05) is 19.9 Å². The summed E-state index contributed by atoms with van der Waals surface area (Å²) in [4.78, 5) is 23.4. The van der Waals surface area contributed by atoms with Crippen molar-refractivity contribution in [3.8, 4) is 0 Å². The molecule has 0 saturated heterocycles. The maximum atomic E-state index is 6.04. The number of ether oxygens (including phenoxy) is 1. The Morgan fingerprint density at radius 2 is 2.06 bits per heavy atom. The smallest absolute Gasteiger partial charge is 0.147 e. The first-order valence-electron chi connectivity index (χ1n) is 11.8. The molecule has 4 aromatic heterocycles. The number of nitrogens with one attached hydrogen (secondary N) is 2. The standard InChI is InChI=1S/C26H28N6OS/c1-14(2)23-31-21-17-10-16-12-33-26(3,4)11-20(16)30-25(17)34-22(21)24(32-23)27-8-7-15-5-6-18-19(9-15)29-13-28-18/h5-6,9-10,13-14H,7-8,11-12H2,1-4H3,(H,28,29)(H,27,31,32). The van der Waals surface area contributed by atoms with E-state index in [0.717, 1.165) is 68.2 Å². The van der Waals surface area contributed by atoms with Gasteiger partial charge in [-0.3, -0.25) is 0 Å². The number of benzene rings is 1. The van der Waals surface area contributed by atoms with Crippen molar-refractivity contribution in [3.63, 3.8) is 0 Å². The van der Waals surface area contributed by atoms with E-state index < -0.39 is 0 Å². The summed E-state index contributed by atoms with van der Waals surface area (Å²) in [6.07, 6.45) is 3.45. The number of imidazole rings is 1. The van der Waals surface area contributed by atoms with E-state index in [1.165, 1.54) is 11.1 Å². The largest absolute Gasteiger partial charge is 0.370 e. The van der Waals surface area contributed by atoms with Gasteiger partial charge in [0, 0.05) is 29.8 Å². The predicted molar refractivity (Wildman–Crippen MR) is 138 cm³/mol. The Bertz CT molecular complexity index is 1530. The van der Waals surface area contributed by atoms with Crippen molar-refractivity contribution in [1.29, 1.82) is 0 Å². The third-order valence-corrected chi connectivity index (χ3v) is 7.51. The number of H-pyrrole nitrogens is 1. The van der Waals surface area contributed by atoms with Crippen molar-refractivity contribution in [2.45, 2.75) is 58.7 Å². The molecule has 5 aromatic rings. The number of fused-ring (bicyclic) bond motifs is 5. The molecule has 6 rings (SSSR count). The summed E-state index contributed by atoms with van der Waals surface area (Å²) in [6.45, 7) is 9.89. The highest BCUT2D eigenvalue weighted by Crippen LogP contribution is 2.39. The summed E-state index contributed by atoms with van der Waals surface area (Å²) < 4.78 is 7.11. The molecule has 2 N–H and O–H groups in total. The Kier molecular flexibility index (Phi) is 5.04. The van der Waals surface area contributed by atoms with Crippen molar-refractivity contribution in [2.24, 2.45) is 0 Å². The molecule has 34 heavy (non-hydrogen) atoms. The van der Waals surface area contributed by atoms with E-state index in [1.54, 1.807) is 17.7 Å². The Morgan fingerprint density at radius 1 is 1.18 bits per heavy atom. The fourth-order valence-corrected chi connectivity index (χ4v) is 5.59. The third-order valence-electron chi connectivity index (χ3n) is 6.41. The minimum atomic E-state index is -0.180. The average Bonchev–Trinajstić information content (AvgIpc) is 3.40. The van der Waals surface area contributed by atoms with Crippen molar-refractivity contribution in [1.82, 2.24) is 24.9 Å². The van der Waals surface area contributed by atoms with Crippen molar-refractivity contribution in [2.75, 3.05) is 11.9 Å². The van der Waals surface area contributed by atoms with Crippen LogP contribution in [0.15, 0.2) is 30.6 Å². The Balaban J connectivity index is 1.36. The van der Waals surface area contributed by atoms with Gasteiger partial charge in [-0.2, -0.15) is 0 Å². The predicted octanol–water partition coefficient (Wildman–Crippen LogP) is 5.75. The van der Waals surface area contributed by atoms with Gasteiger partial charge in [0.15, 0.2) is 0 Å². The second kappa shape index (κ2) is 7.99. The quantitative estimate of drug-likeness (QED) is 0.339. The van der Waals surface area contributed by atoms with Gasteiger partial charge in [0.05, 0.1) is 45.5 Å². The SMILES string of the molecule is CC(C)c1nc(NCCc2ccc3nc[nH]c3c2)c2sc3nc4c(cc3c2n1)COC(C)(C)C4. The lowest BCUT2D eigenvalue weighted by molar-refractivity contribution is -0.0411. The number of nitrogens with zero attached hydrogens (tertiary/aromatic N) is 4. The molecule has 8 heteroatoms. The molecule has 0 spiro atoms. The lowest BCUT2D eigenvalue weighted by Gasteiger charge is -2.30. The van der Waals surface area contributed by atoms with E-state index >= 15 is 0 Å². The van der Waals surface area contributed by atoms with Gasteiger partial charge in [-0.15, -0.1) is 11.3 Å². The van der Waals surface area contributed by atoms with Crippen molar-refractivity contribution in [3.05, 3.63) is 53.2 Å². The highest BCUT2D eigenvalue weighted by molar-refractivity contribution is 7.25. The summed E-state index contributed by atoms with van der Waals surface area (Å²) in [5.41, 5.74) is 6.42. The monoisotopic (exact) mass is 472 g/mol. The summed E-state index contributed by atoms with van der Waals surface area (Å²) in [7, 11) is 0. The van der Waals surface area contributed by atoms with Gasteiger partial charge < -0.3 is 15.0 Å². The summed E-state index contributed by atoms with van der Waals surface area (Å²) >= 11 is 1.68. The molecule has 0 radical (unpaired) electrons. The normalized spacial score (nSPS) is 15.4.